The van der Waals surface area contributed by atoms with Gasteiger partial charge in [0.1, 0.15) is 5.75 Å². The molecule has 1 aromatic carbocycles. The SMILES string of the molecule is CCOc1ccc(NC(=O)CCN2C(=O)[C@@H]3CCCC[C@H]3C2=O)cc1. The number of likely N-dealkylation sites (tertiary alicyclic amines) is 1. The van der Waals surface area contributed by atoms with Crippen molar-refractivity contribution < 1.29 is 19.1 Å². The number of hydrogen-bond acceptors (Lipinski definition) is 4. The lowest BCUT2D eigenvalue weighted by Crippen LogP contribution is -2.34. The standard InChI is InChI=1S/C19H24N2O4/c1-2-25-14-9-7-13(8-10-14)20-17(22)11-12-21-18(23)15-5-3-4-6-16(15)19(21)24/h7-10,15-16H,2-6,11-12H2,1H3,(H,20,22)/t15-,16-/m1/s1. The van der Waals surface area contributed by atoms with Crippen LogP contribution in [0.15, 0.2) is 24.3 Å². The van der Waals surface area contributed by atoms with E-state index < -0.39 is 0 Å². The van der Waals surface area contributed by atoms with E-state index in [0.717, 1.165) is 31.4 Å². The minimum absolute atomic E-state index is 0.0939. The third kappa shape index (κ3) is 3.83. The molecule has 0 radical (unpaired) electrons. The summed E-state index contributed by atoms with van der Waals surface area (Å²) in [5.41, 5.74) is 0.668. The summed E-state index contributed by atoms with van der Waals surface area (Å²) >= 11 is 0. The maximum atomic E-state index is 12.4. The Labute approximate surface area is 147 Å². The fourth-order valence-electron chi connectivity index (χ4n) is 3.69. The van der Waals surface area contributed by atoms with E-state index in [2.05, 4.69) is 5.32 Å². The predicted molar refractivity (Wildman–Crippen MR) is 93.0 cm³/mol. The third-order valence-corrected chi connectivity index (χ3v) is 4.94. The van der Waals surface area contributed by atoms with Gasteiger partial charge in [0.15, 0.2) is 0 Å². The van der Waals surface area contributed by atoms with Gasteiger partial charge in [0.25, 0.3) is 0 Å². The highest BCUT2D eigenvalue weighted by atomic mass is 16.5. The Morgan fingerprint density at radius 3 is 2.28 bits per heavy atom. The summed E-state index contributed by atoms with van der Waals surface area (Å²) in [6.45, 7) is 2.66. The van der Waals surface area contributed by atoms with Crippen LogP contribution in [0.1, 0.15) is 39.0 Å². The molecule has 1 saturated carbocycles. The van der Waals surface area contributed by atoms with Crippen molar-refractivity contribution in [3.63, 3.8) is 0 Å². The lowest BCUT2D eigenvalue weighted by Gasteiger charge is -2.19. The van der Waals surface area contributed by atoms with Crippen molar-refractivity contribution in [2.45, 2.75) is 39.0 Å². The van der Waals surface area contributed by atoms with Gasteiger partial charge < -0.3 is 10.1 Å². The van der Waals surface area contributed by atoms with Gasteiger partial charge in [-0.1, -0.05) is 12.8 Å². The van der Waals surface area contributed by atoms with Crippen molar-refractivity contribution in [2.24, 2.45) is 11.8 Å². The van der Waals surface area contributed by atoms with Gasteiger partial charge in [-0.05, 0) is 44.0 Å². The number of anilines is 1. The van der Waals surface area contributed by atoms with E-state index in [9.17, 15) is 14.4 Å². The van der Waals surface area contributed by atoms with Crippen LogP contribution in [-0.2, 0) is 14.4 Å². The second kappa shape index (κ2) is 7.68. The van der Waals surface area contributed by atoms with Crippen LogP contribution in [0, 0.1) is 11.8 Å². The van der Waals surface area contributed by atoms with E-state index in [4.69, 9.17) is 4.74 Å². The van der Waals surface area contributed by atoms with E-state index in [0.29, 0.717) is 12.3 Å². The molecule has 1 aliphatic carbocycles. The number of ether oxygens (including phenoxy) is 1. The van der Waals surface area contributed by atoms with Crippen LogP contribution in [0.5, 0.6) is 5.75 Å². The molecule has 1 heterocycles. The molecule has 25 heavy (non-hydrogen) atoms. The van der Waals surface area contributed by atoms with Gasteiger partial charge in [-0.25, -0.2) is 0 Å². The molecule has 1 saturated heterocycles. The fourth-order valence-corrected chi connectivity index (χ4v) is 3.69. The molecular weight excluding hydrogens is 320 g/mol. The molecule has 3 amide bonds. The minimum atomic E-state index is -0.209. The van der Waals surface area contributed by atoms with Crippen LogP contribution in [0.25, 0.3) is 0 Å². The molecule has 2 fully saturated rings. The number of hydrogen-bond donors (Lipinski definition) is 1. The van der Waals surface area contributed by atoms with Crippen molar-refractivity contribution in [3.05, 3.63) is 24.3 Å². The number of nitrogens with zero attached hydrogens (tertiary/aromatic N) is 1. The van der Waals surface area contributed by atoms with E-state index in [-0.39, 0.29) is 42.5 Å². The number of benzene rings is 1. The molecule has 1 aliphatic heterocycles. The topological polar surface area (TPSA) is 75.7 Å². The van der Waals surface area contributed by atoms with Crippen molar-refractivity contribution in [3.8, 4) is 5.75 Å². The zero-order valence-corrected chi connectivity index (χ0v) is 14.5. The van der Waals surface area contributed by atoms with Gasteiger partial charge in [-0.3, -0.25) is 19.3 Å². The van der Waals surface area contributed by atoms with Crippen LogP contribution in [-0.4, -0.2) is 35.8 Å². The van der Waals surface area contributed by atoms with Crippen molar-refractivity contribution in [1.29, 1.82) is 0 Å². The van der Waals surface area contributed by atoms with Crippen molar-refractivity contribution in [2.75, 3.05) is 18.5 Å². The molecule has 3 rings (SSSR count). The highest BCUT2D eigenvalue weighted by Crippen LogP contribution is 2.37. The highest BCUT2D eigenvalue weighted by Gasteiger charge is 2.47. The lowest BCUT2D eigenvalue weighted by molar-refractivity contribution is -0.140. The van der Waals surface area contributed by atoms with Gasteiger partial charge >= 0.3 is 0 Å². The molecule has 0 spiro atoms. The number of carbonyl (C=O) groups is 3. The molecule has 0 unspecified atom stereocenters. The molecule has 0 aromatic heterocycles. The average Bonchev–Trinajstić information content (AvgIpc) is 2.86. The maximum Gasteiger partial charge on any atom is 0.233 e. The summed E-state index contributed by atoms with van der Waals surface area (Å²) in [4.78, 5) is 38.2. The zero-order valence-electron chi connectivity index (χ0n) is 14.5. The molecule has 134 valence electrons. The Kier molecular flexibility index (Phi) is 5.36. The molecule has 2 aliphatic rings. The molecule has 1 N–H and O–H groups in total. The highest BCUT2D eigenvalue weighted by molar-refractivity contribution is 6.05. The van der Waals surface area contributed by atoms with E-state index >= 15 is 0 Å². The second-order valence-electron chi connectivity index (χ2n) is 6.58. The Hall–Kier alpha value is -2.37. The summed E-state index contributed by atoms with van der Waals surface area (Å²) in [5, 5.41) is 2.78. The minimum Gasteiger partial charge on any atom is -0.494 e. The van der Waals surface area contributed by atoms with Gasteiger partial charge in [0.2, 0.25) is 17.7 Å². The smallest absolute Gasteiger partial charge is 0.233 e. The number of carbonyl (C=O) groups excluding carboxylic acids is 3. The molecule has 0 bridgehead atoms. The fraction of sp³-hybridized carbons (Fsp3) is 0.526. The third-order valence-electron chi connectivity index (χ3n) is 4.94. The first-order chi connectivity index (χ1) is 12.1. The van der Waals surface area contributed by atoms with Crippen molar-refractivity contribution >= 4 is 23.4 Å². The quantitative estimate of drug-likeness (QED) is 0.805. The van der Waals surface area contributed by atoms with Gasteiger partial charge in [0.05, 0.1) is 18.4 Å². The molecule has 6 nitrogen and oxygen atoms in total. The van der Waals surface area contributed by atoms with Crippen LogP contribution < -0.4 is 10.1 Å². The maximum absolute atomic E-state index is 12.4. The summed E-state index contributed by atoms with van der Waals surface area (Å²) in [6.07, 6.45) is 3.72. The van der Waals surface area contributed by atoms with Crippen LogP contribution in [0.4, 0.5) is 5.69 Å². The van der Waals surface area contributed by atoms with E-state index in [1.165, 1.54) is 4.90 Å². The zero-order chi connectivity index (χ0) is 17.8. The number of fused-ring (bicyclic) bond motifs is 1. The number of imide groups is 1. The lowest BCUT2D eigenvalue weighted by atomic mass is 9.81. The Morgan fingerprint density at radius 1 is 1.12 bits per heavy atom. The van der Waals surface area contributed by atoms with Gasteiger partial charge in [0, 0.05) is 18.7 Å². The largest absolute Gasteiger partial charge is 0.494 e. The van der Waals surface area contributed by atoms with Gasteiger partial charge in [-0.2, -0.15) is 0 Å². The number of amides is 3. The second-order valence-corrected chi connectivity index (χ2v) is 6.58. The number of rotatable bonds is 6. The van der Waals surface area contributed by atoms with Gasteiger partial charge in [-0.15, -0.1) is 0 Å². The Bertz CT molecular complexity index is 632. The molecule has 6 heteroatoms. The molecular formula is C19H24N2O4. The predicted octanol–water partition coefficient (Wildman–Crippen LogP) is 2.59. The van der Waals surface area contributed by atoms with Crippen LogP contribution in [0.2, 0.25) is 0 Å². The number of nitrogens with one attached hydrogen (secondary N) is 1. The Morgan fingerprint density at radius 2 is 1.72 bits per heavy atom. The monoisotopic (exact) mass is 344 g/mol. The summed E-state index contributed by atoms with van der Waals surface area (Å²) in [7, 11) is 0. The first-order valence-electron chi connectivity index (χ1n) is 8.98. The first-order valence-corrected chi connectivity index (χ1v) is 8.98. The molecule has 2 atom stereocenters. The van der Waals surface area contributed by atoms with E-state index in [1.54, 1.807) is 24.3 Å². The van der Waals surface area contributed by atoms with Crippen molar-refractivity contribution in [1.82, 2.24) is 4.90 Å². The van der Waals surface area contributed by atoms with Crippen LogP contribution >= 0.6 is 0 Å². The van der Waals surface area contributed by atoms with E-state index in [1.807, 2.05) is 6.92 Å². The summed E-state index contributed by atoms with van der Waals surface area (Å²) < 4.78 is 5.36. The Balaban J connectivity index is 1.52. The molecule has 1 aromatic rings. The first kappa shape index (κ1) is 17.5. The normalized spacial score (nSPS) is 22.7. The summed E-state index contributed by atoms with van der Waals surface area (Å²) in [5.74, 6) is 0.0361. The van der Waals surface area contributed by atoms with Crippen LogP contribution in [0.3, 0.4) is 0 Å². The summed E-state index contributed by atoms with van der Waals surface area (Å²) in [6, 6.07) is 7.11. The average molecular weight is 344 g/mol.